The largest absolute Gasteiger partial charge is 0.391 e. The van der Waals surface area contributed by atoms with Crippen molar-refractivity contribution < 1.29 is 22.7 Å². The number of rotatable bonds is 7. The van der Waals surface area contributed by atoms with Crippen molar-refractivity contribution in [1.29, 1.82) is 0 Å². The fourth-order valence-electron chi connectivity index (χ4n) is 1.36. The maximum absolute atomic E-state index is 12.4. The summed E-state index contributed by atoms with van der Waals surface area (Å²) in [6, 6.07) is 0. The van der Waals surface area contributed by atoms with Gasteiger partial charge in [0.05, 0.1) is 12.5 Å². The summed E-state index contributed by atoms with van der Waals surface area (Å²) >= 11 is 0. The Labute approximate surface area is 107 Å². The van der Waals surface area contributed by atoms with E-state index in [9.17, 15) is 18.0 Å². The Morgan fingerprint density at radius 2 is 1.78 bits per heavy atom. The second-order valence-corrected chi connectivity index (χ2v) is 5.54. The predicted octanol–water partition coefficient (Wildman–Crippen LogP) is 4.13. The SMILES string of the molecule is CCCCOC(CC(=O)C(C)(C)C)CC(F)(F)F. The van der Waals surface area contributed by atoms with E-state index in [0.717, 1.165) is 6.42 Å². The van der Waals surface area contributed by atoms with Crippen LogP contribution in [0.15, 0.2) is 0 Å². The van der Waals surface area contributed by atoms with Gasteiger partial charge in [-0.2, -0.15) is 13.2 Å². The summed E-state index contributed by atoms with van der Waals surface area (Å²) in [6.45, 7) is 7.31. The number of hydrogen-bond donors (Lipinski definition) is 0. The fraction of sp³-hybridized carbons (Fsp3) is 0.923. The van der Waals surface area contributed by atoms with Gasteiger partial charge in [-0.25, -0.2) is 0 Å². The van der Waals surface area contributed by atoms with Crippen LogP contribution in [0, 0.1) is 5.41 Å². The number of alkyl halides is 3. The molecule has 0 aromatic carbocycles. The number of halogens is 3. The number of Topliss-reactive ketones (excluding diaryl/α,β-unsaturated/α-hetero) is 1. The van der Waals surface area contributed by atoms with Gasteiger partial charge in [0.2, 0.25) is 0 Å². The number of hydrogen-bond acceptors (Lipinski definition) is 2. The normalized spacial score (nSPS) is 14.6. The van der Waals surface area contributed by atoms with Gasteiger partial charge < -0.3 is 4.74 Å². The third kappa shape index (κ3) is 8.50. The second kappa shape index (κ2) is 7.12. The van der Waals surface area contributed by atoms with E-state index in [0.29, 0.717) is 6.42 Å². The molecule has 0 radical (unpaired) electrons. The van der Waals surface area contributed by atoms with E-state index in [4.69, 9.17) is 4.74 Å². The van der Waals surface area contributed by atoms with E-state index in [1.165, 1.54) is 0 Å². The van der Waals surface area contributed by atoms with E-state index in [1.807, 2.05) is 6.92 Å². The van der Waals surface area contributed by atoms with Gasteiger partial charge in [0.1, 0.15) is 5.78 Å². The standard InChI is InChI=1S/C13H23F3O2/c1-5-6-7-18-10(9-13(14,15)16)8-11(17)12(2,3)4/h10H,5-9H2,1-4H3. The van der Waals surface area contributed by atoms with Crippen LogP contribution < -0.4 is 0 Å². The lowest BCUT2D eigenvalue weighted by Crippen LogP contribution is -2.30. The molecule has 1 atom stereocenters. The zero-order valence-electron chi connectivity index (χ0n) is 11.6. The Bertz CT molecular complexity index is 254. The highest BCUT2D eigenvalue weighted by atomic mass is 19.4. The van der Waals surface area contributed by atoms with Crippen molar-refractivity contribution in [2.45, 2.75) is 65.7 Å². The van der Waals surface area contributed by atoms with Crippen LogP contribution in [0.3, 0.4) is 0 Å². The maximum atomic E-state index is 12.4. The molecule has 2 nitrogen and oxygen atoms in total. The van der Waals surface area contributed by atoms with Crippen LogP contribution in [0.5, 0.6) is 0 Å². The molecule has 0 amide bonds. The molecule has 0 rings (SSSR count). The first-order chi connectivity index (χ1) is 8.06. The molecular weight excluding hydrogens is 245 g/mol. The lowest BCUT2D eigenvalue weighted by Gasteiger charge is -2.23. The molecule has 0 aliphatic carbocycles. The van der Waals surface area contributed by atoms with Gasteiger partial charge in [-0.3, -0.25) is 4.79 Å². The Morgan fingerprint density at radius 1 is 1.22 bits per heavy atom. The maximum Gasteiger partial charge on any atom is 0.391 e. The summed E-state index contributed by atoms with van der Waals surface area (Å²) in [6.07, 6.45) is -5.02. The summed E-state index contributed by atoms with van der Waals surface area (Å²) in [5.74, 6) is -0.201. The Morgan fingerprint density at radius 3 is 2.17 bits per heavy atom. The average molecular weight is 268 g/mol. The van der Waals surface area contributed by atoms with Crippen LogP contribution in [-0.2, 0) is 9.53 Å². The minimum atomic E-state index is -4.30. The summed E-state index contributed by atoms with van der Waals surface area (Å²) in [4.78, 5) is 11.7. The predicted molar refractivity (Wildman–Crippen MR) is 64.4 cm³/mol. The molecule has 0 spiro atoms. The zero-order chi connectivity index (χ0) is 14.4. The molecule has 0 aliphatic rings. The van der Waals surface area contributed by atoms with Gasteiger partial charge in [0.15, 0.2) is 0 Å². The number of carbonyl (C=O) groups is 1. The van der Waals surface area contributed by atoms with Crippen LogP contribution in [0.1, 0.15) is 53.4 Å². The van der Waals surface area contributed by atoms with Gasteiger partial charge in [0, 0.05) is 18.4 Å². The molecule has 0 aromatic rings. The number of unbranched alkanes of at least 4 members (excludes halogenated alkanes) is 1. The van der Waals surface area contributed by atoms with Gasteiger partial charge in [-0.05, 0) is 6.42 Å². The van der Waals surface area contributed by atoms with Crippen LogP contribution in [-0.4, -0.2) is 24.7 Å². The van der Waals surface area contributed by atoms with Crippen LogP contribution in [0.25, 0.3) is 0 Å². The first-order valence-electron chi connectivity index (χ1n) is 6.28. The highest BCUT2D eigenvalue weighted by Crippen LogP contribution is 2.27. The number of ketones is 1. The van der Waals surface area contributed by atoms with Crippen molar-refractivity contribution >= 4 is 5.78 Å². The summed E-state index contributed by atoms with van der Waals surface area (Å²) in [5.41, 5.74) is -0.627. The molecule has 0 saturated carbocycles. The first kappa shape index (κ1) is 17.4. The highest BCUT2D eigenvalue weighted by molar-refractivity contribution is 5.84. The summed E-state index contributed by atoms with van der Waals surface area (Å²) in [7, 11) is 0. The molecule has 5 heteroatoms. The van der Waals surface area contributed by atoms with Crippen LogP contribution in [0.2, 0.25) is 0 Å². The van der Waals surface area contributed by atoms with Crippen molar-refractivity contribution in [3.63, 3.8) is 0 Å². The molecule has 18 heavy (non-hydrogen) atoms. The molecular formula is C13H23F3O2. The molecule has 0 heterocycles. The van der Waals surface area contributed by atoms with Gasteiger partial charge in [0.25, 0.3) is 0 Å². The van der Waals surface area contributed by atoms with Crippen molar-refractivity contribution in [3.05, 3.63) is 0 Å². The second-order valence-electron chi connectivity index (χ2n) is 5.54. The van der Waals surface area contributed by atoms with Crippen molar-refractivity contribution in [2.24, 2.45) is 5.41 Å². The van der Waals surface area contributed by atoms with Gasteiger partial charge >= 0.3 is 6.18 Å². The van der Waals surface area contributed by atoms with Gasteiger partial charge in [-0.1, -0.05) is 34.1 Å². The number of carbonyl (C=O) groups excluding carboxylic acids is 1. The summed E-state index contributed by atoms with van der Waals surface area (Å²) in [5, 5.41) is 0. The van der Waals surface area contributed by atoms with Crippen LogP contribution >= 0.6 is 0 Å². The molecule has 1 unspecified atom stereocenters. The lowest BCUT2D eigenvalue weighted by atomic mass is 9.87. The topological polar surface area (TPSA) is 26.3 Å². The smallest absolute Gasteiger partial charge is 0.377 e. The quantitative estimate of drug-likeness (QED) is 0.649. The average Bonchev–Trinajstić information content (AvgIpc) is 2.13. The minimum absolute atomic E-state index is 0.174. The summed E-state index contributed by atoms with van der Waals surface area (Å²) < 4.78 is 42.3. The third-order valence-corrected chi connectivity index (χ3v) is 2.56. The Kier molecular flexibility index (Phi) is 6.89. The third-order valence-electron chi connectivity index (χ3n) is 2.56. The van der Waals surface area contributed by atoms with E-state index in [-0.39, 0.29) is 18.8 Å². The molecule has 0 aliphatic heterocycles. The molecule has 108 valence electrons. The van der Waals surface area contributed by atoms with Crippen LogP contribution in [0.4, 0.5) is 13.2 Å². The number of ether oxygens (including phenoxy) is 1. The first-order valence-corrected chi connectivity index (χ1v) is 6.28. The van der Waals surface area contributed by atoms with E-state index < -0.39 is 24.1 Å². The lowest BCUT2D eigenvalue weighted by molar-refractivity contribution is -0.164. The molecule has 0 saturated heterocycles. The van der Waals surface area contributed by atoms with Crippen molar-refractivity contribution in [3.8, 4) is 0 Å². The fourth-order valence-corrected chi connectivity index (χ4v) is 1.36. The highest BCUT2D eigenvalue weighted by Gasteiger charge is 2.35. The Hall–Kier alpha value is -0.580. The molecule has 0 fully saturated rings. The van der Waals surface area contributed by atoms with Gasteiger partial charge in [-0.15, -0.1) is 0 Å². The monoisotopic (exact) mass is 268 g/mol. The van der Waals surface area contributed by atoms with E-state index in [1.54, 1.807) is 20.8 Å². The zero-order valence-corrected chi connectivity index (χ0v) is 11.6. The molecule has 0 bridgehead atoms. The van der Waals surface area contributed by atoms with Crippen molar-refractivity contribution in [1.82, 2.24) is 0 Å². The van der Waals surface area contributed by atoms with Crippen molar-refractivity contribution in [2.75, 3.05) is 6.61 Å². The molecule has 0 N–H and O–H groups in total. The minimum Gasteiger partial charge on any atom is -0.377 e. The molecule has 0 aromatic heterocycles. The Balaban J connectivity index is 4.42. The van der Waals surface area contributed by atoms with E-state index >= 15 is 0 Å². The van der Waals surface area contributed by atoms with E-state index in [2.05, 4.69) is 0 Å².